The molecular weight excluding hydrogens is 458 g/mol. The first-order valence-corrected chi connectivity index (χ1v) is 9.65. The van der Waals surface area contributed by atoms with E-state index < -0.39 is 5.01 Å². The van der Waals surface area contributed by atoms with Gasteiger partial charge >= 0.3 is 0 Å². The molecule has 0 aliphatic heterocycles. The Kier molecular flexibility index (Phi) is 6.25. The van der Waals surface area contributed by atoms with E-state index in [0.717, 1.165) is 11.1 Å². The van der Waals surface area contributed by atoms with Crippen molar-refractivity contribution in [2.45, 2.75) is 5.01 Å². The van der Waals surface area contributed by atoms with Gasteiger partial charge in [0, 0.05) is 21.2 Å². The van der Waals surface area contributed by atoms with Crippen LogP contribution in [0.4, 0.5) is 0 Å². The summed E-state index contributed by atoms with van der Waals surface area (Å²) in [4.78, 5) is 12.7. The van der Waals surface area contributed by atoms with E-state index in [-0.39, 0.29) is 10.8 Å². The average Bonchev–Trinajstić information content (AvgIpc) is 2.62. The Labute approximate surface area is 174 Å². The fourth-order valence-electron chi connectivity index (χ4n) is 2.43. The second-order valence-corrected chi connectivity index (χ2v) is 7.54. The summed E-state index contributed by atoms with van der Waals surface area (Å²) in [6.45, 7) is 0. The van der Waals surface area contributed by atoms with Gasteiger partial charge in [-0.1, -0.05) is 65.1 Å². The zero-order chi connectivity index (χ0) is 18.7. The first-order valence-electron chi connectivity index (χ1n) is 7.60. The number of hydrogen-bond acceptors (Lipinski definition) is 2. The highest BCUT2D eigenvalue weighted by Crippen LogP contribution is 2.34. The van der Waals surface area contributed by atoms with Crippen molar-refractivity contribution in [2.24, 2.45) is 0 Å². The third-order valence-electron chi connectivity index (χ3n) is 3.66. The maximum atomic E-state index is 12.7. The molecule has 0 N–H and O–H groups in total. The second kappa shape index (κ2) is 8.45. The Morgan fingerprint density at radius 3 is 2.23 bits per heavy atom. The highest BCUT2D eigenvalue weighted by Gasteiger charge is 2.22. The largest absolute Gasteiger partial charge is 0.470 e. The Morgan fingerprint density at radius 2 is 1.54 bits per heavy atom. The number of ether oxygens (including phenoxy) is 1. The van der Waals surface area contributed by atoms with E-state index in [2.05, 4.69) is 15.9 Å². The molecule has 0 spiro atoms. The first kappa shape index (κ1) is 19.2. The SMILES string of the molecule is O=C(c1ccc(Cl)cc1Cl)C(Br)Oc1cc(Cl)ccc1-c1ccccc1. The lowest BCUT2D eigenvalue weighted by molar-refractivity contribution is 0.0898. The monoisotopic (exact) mass is 468 g/mol. The van der Waals surface area contributed by atoms with Gasteiger partial charge in [0.25, 0.3) is 0 Å². The van der Waals surface area contributed by atoms with Crippen molar-refractivity contribution in [1.82, 2.24) is 0 Å². The molecule has 0 heterocycles. The zero-order valence-corrected chi connectivity index (χ0v) is 17.1. The molecule has 0 radical (unpaired) electrons. The summed E-state index contributed by atoms with van der Waals surface area (Å²) < 4.78 is 5.87. The van der Waals surface area contributed by atoms with Gasteiger partial charge in [-0.2, -0.15) is 0 Å². The maximum absolute atomic E-state index is 12.7. The van der Waals surface area contributed by atoms with Crippen LogP contribution in [0, 0.1) is 0 Å². The van der Waals surface area contributed by atoms with Crippen molar-refractivity contribution < 1.29 is 9.53 Å². The molecule has 0 aliphatic carbocycles. The molecule has 26 heavy (non-hydrogen) atoms. The molecule has 2 nitrogen and oxygen atoms in total. The van der Waals surface area contributed by atoms with Crippen molar-refractivity contribution in [3.05, 3.63) is 87.4 Å². The molecule has 0 amide bonds. The topological polar surface area (TPSA) is 26.3 Å². The fraction of sp³-hybridized carbons (Fsp3) is 0.0500. The lowest BCUT2D eigenvalue weighted by Gasteiger charge is -2.16. The van der Waals surface area contributed by atoms with Gasteiger partial charge in [-0.25, -0.2) is 0 Å². The lowest BCUT2D eigenvalue weighted by Crippen LogP contribution is -2.21. The molecule has 0 saturated heterocycles. The predicted molar refractivity (Wildman–Crippen MR) is 111 cm³/mol. The summed E-state index contributed by atoms with van der Waals surface area (Å²) in [5, 5.41) is 0.309. The van der Waals surface area contributed by atoms with Crippen molar-refractivity contribution in [3.63, 3.8) is 0 Å². The van der Waals surface area contributed by atoms with Crippen LogP contribution >= 0.6 is 50.7 Å². The molecule has 3 aromatic carbocycles. The van der Waals surface area contributed by atoms with Crippen molar-refractivity contribution in [1.29, 1.82) is 0 Å². The molecule has 0 saturated carbocycles. The van der Waals surface area contributed by atoms with Gasteiger partial charge in [-0.15, -0.1) is 0 Å². The van der Waals surface area contributed by atoms with Crippen LogP contribution in [0.25, 0.3) is 11.1 Å². The predicted octanol–water partition coefficient (Wildman–Crippen LogP) is 7.30. The van der Waals surface area contributed by atoms with Gasteiger partial charge in [0.1, 0.15) is 5.75 Å². The van der Waals surface area contributed by atoms with Gasteiger partial charge in [-0.3, -0.25) is 4.79 Å². The van der Waals surface area contributed by atoms with E-state index in [1.807, 2.05) is 36.4 Å². The average molecular weight is 471 g/mol. The number of alkyl halides is 1. The molecule has 0 bridgehead atoms. The number of benzene rings is 3. The van der Waals surface area contributed by atoms with E-state index in [1.165, 1.54) is 6.07 Å². The normalized spacial score (nSPS) is 11.8. The van der Waals surface area contributed by atoms with E-state index in [0.29, 0.717) is 21.4 Å². The number of carbonyl (C=O) groups is 1. The Morgan fingerprint density at radius 1 is 0.885 bits per heavy atom. The van der Waals surface area contributed by atoms with Gasteiger partial charge in [-0.05, 0) is 57.9 Å². The number of ketones is 1. The quantitative estimate of drug-likeness (QED) is 0.289. The minimum Gasteiger partial charge on any atom is -0.470 e. The van der Waals surface area contributed by atoms with Crippen LogP contribution in [-0.4, -0.2) is 10.8 Å². The molecule has 0 aliphatic rings. The molecular formula is C20H12BrCl3O2. The van der Waals surface area contributed by atoms with Crippen LogP contribution in [0.5, 0.6) is 5.75 Å². The molecule has 6 heteroatoms. The summed E-state index contributed by atoms with van der Waals surface area (Å²) in [5.41, 5.74) is 2.10. The van der Waals surface area contributed by atoms with E-state index in [9.17, 15) is 4.79 Å². The number of hydrogen-bond donors (Lipinski definition) is 0. The van der Waals surface area contributed by atoms with E-state index in [4.69, 9.17) is 39.5 Å². The van der Waals surface area contributed by atoms with Crippen molar-refractivity contribution >= 4 is 56.5 Å². The Bertz CT molecular complexity index is 945. The molecule has 1 unspecified atom stereocenters. The molecule has 0 fully saturated rings. The summed E-state index contributed by atoms with van der Waals surface area (Å²) in [6.07, 6.45) is 0. The highest BCUT2D eigenvalue weighted by molar-refractivity contribution is 9.09. The summed E-state index contributed by atoms with van der Waals surface area (Å²) in [5.74, 6) is 0.176. The van der Waals surface area contributed by atoms with Crippen LogP contribution < -0.4 is 4.74 Å². The number of Topliss-reactive ketones (excluding diaryl/α,β-unsaturated/α-hetero) is 1. The third-order valence-corrected chi connectivity index (χ3v) is 5.05. The van der Waals surface area contributed by atoms with Crippen LogP contribution in [0.1, 0.15) is 10.4 Å². The molecule has 1 atom stereocenters. The molecule has 3 rings (SSSR count). The van der Waals surface area contributed by atoms with Crippen LogP contribution in [-0.2, 0) is 0 Å². The minimum absolute atomic E-state index is 0.268. The van der Waals surface area contributed by atoms with Gasteiger partial charge in [0.15, 0.2) is 0 Å². The minimum atomic E-state index is -0.929. The lowest BCUT2D eigenvalue weighted by atomic mass is 10.0. The van der Waals surface area contributed by atoms with Crippen molar-refractivity contribution in [3.8, 4) is 16.9 Å². The summed E-state index contributed by atoms with van der Waals surface area (Å²) in [6, 6.07) is 19.7. The first-order chi connectivity index (χ1) is 12.5. The van der Waals surface area contributed by atoms with E-state index >= 15 is 0 Å². The van der Waals surface area contributed by atoms with Gasteiger partial charge in [0.05, 0.1) is 5.02 Å². The van der Waals surface area contributed by atoms with E-state index in [1.54, 1.807) is 24.3 Å². The molecule has 132 valence electrons. The number of rotatable bonds is 5. The number of halogens is 4. The maximum Gasteiger partial charge on any atom is 0.215 e. The standard InChI is InChI=1S/C20H12BrCl3O2/c21-20(19(25)16-9-7-13(22)10-17(16)24)26-18-11-14(23)6-8-15(18)12-4-2-1-3-5-12/h1-11,20H. The Hall–Kier alpha value is -1.52. The zero-order valence-electron chi connectivity index (χ0n) is 13.3. The van der Waals surface area contributed by atoms with Gasteiger partial charge < -0.3 is 4.74 Å². The van der Waals surface area contributed by atoms with Crippen LogP contribution in [0.2, 0.25) is 15.1 Å². The highest BCUT2D eigenvalue weighted by atomic mass is 79.9. The van der Waals surface area contributed by atoms with Gasteiger partial charge in [0.2, 0.25) is 10.8 Å². The number of carbonyl (C=O) groups excluding carboxylic acids is 1. The van der Waals surface area contributed by atoms with Crippen molar-refractivity contribution in [2.75, 3.05) is 0 Å². The second-order valence-electron chi connectivity index (χ2n) is 5.43. The van der Waals surface area contributed by atoms with Crippen LogP contribution in [0.15, 0.2) is 66.7 Å². The fourth-order valence-corrected chi connectivity index (χ4v) is 3.54. The summed E-state index contributed by atoms with van der Waals surface area (Å²) in [7, 11) is 0. The molecule has 3 aromatic rings. The Balaban J connectivity index is 1.91. The third kappa shape index (κ3) is 4.41. The summed E-state index contributed by atoms with van der Waals surface area (Å²) >= 11 is 21.4. The molecule has 0 aromatic heterocycles. The van der Waals surface area contributed by atoms with Crippen LogP contribution in [0.3, 0.4) is 0 Å². The smallest absolute Gasteiger partial charge is 0.215 e.